The van der Waals surface area contributed by atoms with Gasteiger partial charge in [-0.05, 0) is 40.8 Å². The molecule has 4 nitrogen and oxygen atoms in total. The number of nitrogens with zero attached hydrogens (tertiary/aromatic N) is 1. The summed E-state index contributed by atoms with van der Waals surface area (Å²) in [5.74, 6) is -0.313. The Morgan fingerprint density at radius 3 is 2.21 bits per heavy atom. The molecule has 0 spiro atoms. The average molecular weight is 345 g/mol. The maximum atomic E-state index is 12.0. The van der Waals surface area contributed by atoms with Gasteiger partial charge in [-0.2, -0.15) is 0 Å². The lowest BCUT2D eigenvalue weighted by atomic mass is 9.87. The molecular weight excluding hydrogens is 324 g/mol. The van der Waals surface area contributed by atoms with Crippen LogP contribution in [0.15, 0.2) is 53.7 Å². The van der Waals surface area contributed by atoms with Crippen LogP contribution >= 0.6 is 11.6 Å². The molecule has 0 saturated carbocycles. The molecule has 0 aliphatic carbocycles. The lowest BCUT2D eigenvalue weighted by Crippen LogP contribution is -2.17. The Kier molecular flexibility index (Phi) is 5.62. The van der Waals surface area contributed by atoms with Crippen molar-refractivity contribution in [1.82, 2.24) is 0 Å². The second-order valence-electron chi connectivity index (χ2n) is 6.59. The van der Waals surface area contributed by atoms with Gasteiger partial charge < -0.3 is 10.6 Å². The fraction of sp³-hybridized carbons (Fsp3) is 0.263. The predicted octanol–water partition coefficient (Wildman–Crippen LogP) is 4.31. The molecule has 0 saturated heterocycles. The van der Waals surface area contributed by atoms with Crippen LogP contribution in [0.5, 0.6) is 0 Å². The third-order valence-electron chi connectivity index (χ3n) is 3.53. The number of hydrogen-bond acceptors (Lipinski definition) is 3. The van der Waals surface area contributed by atoms with Crippen molar-refractivity contribution in [3.8, 4) is 0 Å². The van der Waals surface area contributed by atoms with E-state index >= 15 is 0 Å². The first-order valence-corrected chi connectivity index (χ1v) is 8.02. The minimum Gasteiger partial charge on any atom is -0.384 e. The van der Waals surface area contributed by atoms with Crippen LogP contribution in [0, 0.1) is 0 Å². The smallest absolute Gasteiger partial charge is 0.365 e. The predicted molar refractivity (Wildman–Crippen MR) is 97.3 cm³/mol. The van der Waals surface area contributed by atoms with Crippen LogP contribution in [0.2, 0.25) is 5.02 Å². The molecule has 0 atom stereocenters. The third kappa shape index (κ3) is 5.10. The fourth-order valence-electron chi connectivity index (χ4n) is 2.10. The van der Waals surface area contributed by atoms with E-state index in [1.165, 1.54) is 0 Å². The molecule has 2 N–H and O–H groups in total. The number of amidine groups is 1. The highest BCUT2D eigenvalue weighted by Crippen LogP contribution is 2.22. The van der Waals surface area contributed by atoms with E-state index in [4.69, 9.17) is 22.2 Å². The zero-order valence-electron chi connectivity index (χ0n) is 14.0. The number of nitrogens with two attached hydrogens (primary N) is 1. The second-order valence-corrected chi connectivity index (χ2v) is 7.03. The van der Waals surface area contributed by atoms with Crippen molar-refractivity contribution in [1.29, 1.82) is 0 Å². The first kappa shape index (κ1) is 18.0. The maximum absolute atomic E-state index is 12.0. The Balaban J connectivity index is 1.97. The molecule has 0 amide bonds. The lowest BCUT2D eigenvalue weighted by Gasteiger charge is -2.18. The summed E-state index contributed by atoms with van der Waals surface area (Å²) in [5, 5.41) is 4.35. The van der Waals surface area contributed by atoms with E-state index in [0.717, 1.165) is 11.1 Å². The molecule has 0 aromatic heterocycles. The number of hydrogen-bond donors (Lipinski definition) is 1. The van der Waals surface area contributed by atoms with Crippen molar-refractivity contribution in [2.24, 2.45) is 10.9 Å². The lowest BCUT2D eigenvalue weighted by molar-refractivity contribution is 0.0515. The SMILES string of the molecule is CC(C)(C)c1ccc(C(=O)ON=C(N)Cc2ccc(Cl)cc2)cc1. The Morgan fingerprint density at radius 2 is 1.67 bits per heavy atom. The molecular formula is C19H21ClN2O2. The molecule has 2 aromatic carbocycles. The molecule has 126 valence electrons. The van der Waals surface area contributed by atoms with Crippen LogP contribution in [-0.4, -0.2) is 11.8 Å². The number of benzene rings is 2. The van der Waals surface area contributed by atoms with Gasteiger partial charge in [0.1, 0.15) is 5.84 Å². The van der Waals surface area contributed by atoms with Gasteiger partial charge >= 0.3 is 5.97 Å². The minimum atomic E-state index is -0.533. The molecule has 24 heavy (non-hydrogen) atoms. The Hall–Kier alpha value is -2.33. The van der Waals surface area contributed by atoms with Crippen molar-refractivity contribution >= 4 is 23.4 Å². The Bertz CT molecular complexity index is 729. The monoisotopic (exact) mass is 344 g/mol. The van der Waals surface area contributed by atoms with Crippen LogP contribution in [0.4, 0.5) is 0 Å². The topological polar surface area (TPSA) is 64.7 Å². The van der Waals surface area contributed by atoms with E-state index in [9.17, 15) is 4.79 Å². The van der Waals surface area contributed by atoms with Crippen molar-refractivity contribution in [2.75, 3.05) is 0 Å². The highest BCUT2D eigenvalue weighted by molar-refractivity contribution is 6.30. The number of rotatable bonds is 4. The summed E-state index contributed by atoms with van der Waals surface area (Å²) in [6, 6.07) is 14.5. The molecule has 2 aromatic rings. The van der Waals surface area contributed by atoms with E-state index in [2.05, 4.69) is 25.9 Å². The highest BCUT2D eigenvalue weighted by atomic mass is 35.5. The summed E-state index contributed by atoms with van der Waals surface area (Å²) in [5.41, 5.74) is 8.34. The Morgan fingerprint density at radius 1 is 1.08 bits per heavy atom. The summed E-state index contributed by atoms with van der Waals surface area (Å²) >= 11 is 5.83. The summed E-state index contributed by atoms with van der Waals surface area (Å²) in [7, 11) is 0. The summed E-state index contributed by atoms with van der Waals surface area (Å²) in [6.45, 7) is 6.34. The van der Waals surface area contributed by atoms with Gasteiger partial charge in [0.25, 0.3) is 0 Å². The van der Waals surface area contributed by atoms with Crippen LogP contribution in [0.25, 0.3) is 0 Å². The second kappa shape index (κ2) is 7.49. The van der Waals surface area contributed by atoms with Crippen LogP contribution in [-0.2, 0) is 16.7 Å². The van der Waals surface area contributed by atoms with Crippen molar-refractivity contribution in [3.05, 3.63) is 70.2 Å². The quantitative estimate of drug-likeness (QED) is 0.389. The molecule has 0 unspecified atom stereocenters. The Labute approximate surface area is 147 Å². The van der Waals surface area contributed by atoms with Crippen LogP contribution in [0.1, 0.15) is 42.3 Å². The van der Waals surface area contributed by atoms with E-state index < -0.39 is 5.97 Å². The van der Waals surface area contributed by atoms with Crippen molar-refractivity contribution < 1.29 is 9.63 Å². The molecule has 0 aliphatic rings. The molecule has 5 heteroatoms. The van der Waals surface area contributed by atoms with Crippen LogP contribution in [0.3, 0.4) is 0 Å². The maximum Gasteiger partial charge on any atom is 0.365 e. The molecule has 0 heterocycles. The number of carbonyl (C=O) groups excluding carboxylic acids is 1. The minimum absolute atomic E-state index is 0.0313. The van der Waals surface area contributed by atoms with Gasteiger partial charge in [-0.3, -0.25) is 0 Å². The molecule has 0 bridgehead atoms. The highest BCUT2D eigenvalue weighted by Gasteiger charge is 2.15. The van der Waals surface area contributed by atoms with Gasteiger partial charge in [0.2, 0.25) is 0 Å². The van der Waals surface area contributed by atoms with Gasteiger partial charge in [-0.1, -0.05) is 61.8 Å². The standard InChI is InChI=1S/C19H21ClN2O2/c1-19(2,3)15-8-6-14(7-9-15)18(23)24-22-17(21)12-13-4-10-16(20)11-5-13/h4-11H,12H2,1-3H3,(H2,21,22). The average Bonchev–Trinajstić information content (AvgIpc) is 2.54. The summed E-state index contributed by atoms with van der Waals surface area (Å²) in [4.78, 5) is 16.9. The largest absolute Gasteiger partial charge is 0.384 e. The van der Waals surface area contributed by atoms with Gasteiger partial charge in [0.05, 0.1) is 5.56 Å². The molecule has 0 fully saturated rings. The first-order chi connectivity index (χ1) is 11.3. The van der Waals surface area contributed by atoms with Gasteiger partial charge in [0.15, 0.2) is 0 Å². The van der Waals surface area contributed by atoms with Crippen LogP contribution < -0.4 is 5.73 Å². The zero-order chi connectivity index (χ0) is 17.7. The number of halogens is 1. The van der Waals surface area contributed by atoms with Crippen molar-refractivity contribution in [3.63, 3.8) is 0 Å². The normalized spacial score (nSPS) is 12.1. The number of carbonyl (C=O) groups is 1. The third-order valence-corrected chi connectivity index (χ3v) is 3.78. The van der Waals surface area contributed by atoms with E-state index in [0.29, 0.717) is 17.0 Å². The summed E-state index contributed by atoms with van der Waals surface area (Å²) in [6.07, 6.45) is 0.382. The first-order valence-electron chi connectivity index (χ1n) is 7.64. The molecule has 0 radical (unpaired) electrons. The van der Waals surface area contributed by atoms with Gasteiger partial charge in [0, 0.05) is 11.4 Å². The zero-order valence-corrected chi connectivity index (χ0v) is 14.8. The van der Waals surface area contributed by atoms with E-state index in [-0.39, 0.29) is 11.3 Å². The van der Waals surface area contributed by atoms with Gasteiger partial charge in [-0.25, -0.2) is 4.79 Å². The van der Waals surface area contributed by atoms with Crippen molar-refractivity contribution in [2.45, 2.75) is 32.6 Å². The van der Waals surface area contributed by atoms with E-state index in [1.54, 1.807) is 24.3 Å². The molecule has 0 aliphatic heterocycles. The van der Waals surface area contributed by atoms with Gasteiger partial charge in [-0.15, -0.1) is 0 Å². The summed E-state index contributed by atoms with van der Waals surface area (Å²) < 4.78 is 0. The fourth-order valence-corrected chi connectivity index (χ4v) is 2.23. The van der Waals surface area contributed by atoms with E-state index in [1.807, 2.05) is 24.3 Å². The molecule has 2 rings (SSSR count). The number of oxime groups is 1.